The van der Waals surface area contributed by atoms with Gasteiger partial charge < -0.3 is 38.5 Å². The van der Waals surface area contributed by atoms with Gasteiger partial charge in [0.25, 0.3) is 0 Å². The first kappa shape index (κ1) is 56.1. The van der Waals surface area contributed by atoms with Gasteiger partial charge in [-0.3, -0.25) is 0 Å². The quantitative estimate of drug-likeness (QED) is 0.131. The van der Waals surface area contributed by atoms with Crippen molar-refractivity contribution >= 4 is 37.1 Å². The van der Waals surface area contributed by atoms with Gasteiger partial charge in [-0.2, -0.15) is 0 Å². The van der Waals surface area contributed by atoms with Gasteiger partial charge in [0.1, 0.15) is 11.2 Å². The highest BCUT2D eigenvalue weighted by molar-refractivity contribution is 6.74. The first-order valence-corrected chi connectivity index (χ1v) is 29.6. The third-order valence-electron chi connectivity index (χ3n) is 11.1. The van der Waals surface area contributed by atoms with Crippen molar-refractivity contribution in [1.29, 1.82) is 0 Å². The van der Waals surface area contributed by atoms with Gasteiger partial charge in [-0.15, -0.1) is 0 Å². The summed E-state index contributed by atoms with van der Waals surface area (Å²) in [6.45, 7) is 48.8. The molecule has 1 rings (SSSR count). The van der Waals surface area contributed by atoms with E-state index in [1.807, 2.05) is 20.8 Å². The zero-order chi connectivity index (χ0) is 43.9. The van der Waals surface area contributed by atoms with Gasteiger partial charge in [0.05, 0.1) is 12.6 Å². The molecule has 0 unspecified atom stereocenters. The number of ether oxygens (including phenoxy) is 2. The number of aliphatic hydroxyl groups excluding tert-OH is 1. The summed E-state index contributed by atoms with van der Waals surface area (Å²) in [6, 6.07) is -0.241. The zero-order valence-electron chi connectivity index (χ0n) is 40.1. The third-order valence-corrected chi connectivity index (χ3v) is 24.7. The topological polar surface area (TPSA) is 125 Å². The van der Waals surface area contributed by atoms with Crippen LogP contribution in [0.25, 0.3) is 0 Å². The molecule has 330 valence electrons. The largest absolute Gasteiger partial charge is 0.444 e. The van der Waals surface area contributed by atoms with Gasteiger partial charge >= 0.3 is 12.2 Å². The van der Waals surface area contributed by atoms with Crippen molar-refractivity contribution in [1.82, 2.24) is 10.6 Å². The summed E-state index contributed by atoms with van der Waals surface area (Å²) in [6.07, 6.45) is 5.61. The van der Waals surface area contributed by atoms with Crippen LogP contribution in [0, 0.1) is 5.92 Å². The molecule has 0 radical (unpaired) electrons. The van der Waals surface area contributed by atoms with E-state index in [1.54, 1.807) is 20.8 Å². The maximum Gasteiger partial charge on any atom is 0.407 e. The Kier molecular flexibility index (Phi) is 23.5. The Bertz CT molecular complexity index is 1030. The molecular formula is C42H92N2O8Si3. The molecule has 0 aromatic carbocycles. The molecule has 2 atom stereocenters. The summed E-state index contributed by atoms with van der Waals surface area (Å²) < 4.78 is 28.8. The van der Waals surface area contributed by atoms with Crippen molar-refractivity contribution < 1.29 is 37.4 Å². The van der Waals surface area contributed by atoms with Crippen LogP contribution in [0.3, 0.4) is 0 Å². The highest BCUT2D eigenvalue weighted by Crippen LogP contribution is 2.39. The predicted molar refractivity (Wildman–Crippen MR) is 240 cm³/mol. The van der Waals surface area contributed by atoms with Crippen molar-refractivity contribution in [2.75, 3.05) is 26.4 Å². The van der Waals surface area contributed by atoms with E-state index >= 15 is 0 Å². The maximum atomic E-state index is 11.8. The van der Waals surface area contributed by atoms with Gasteiger partial charge in [0, 0.05) is 25.9 Å². The van der Waals surface area contributed by atoms with Gasteiger partial charge in [0.15, 0.2) is 25.0 Å². The number of hydrogen-bond donors (Lipinski definition) is 3. The Morgan fingerprint density at radius 3 is 1.16 bits per heavy atom. The molecule has 0 aromatic rings. The fourth-order valence-electron chi connectivity index (χ4n) is 3.99. The minimum atomic E-state index is -1.79. The molecule has 0 aliphatic heterocycles. The summed E-state index contributed by atoms with van der Waals surface area (Å²) >= 11 is 0. The molecule has 0 aromatic heterocycles. The van der Waals surface area contributed by atoms with E-state index < -0.39 is 42.2 Å². The zero-order valence-corrected chi connectivity index (χ0v) is 43.1. The van der Waals surface area contributed by atoms with Crippen LogP contribution in [0.5, 0.6) is 0 Å². The van der Waals surface area contributed by atoms with E-state index in [1.165, 1.54) is 19.3 Å². The third kappa shape index (κ3) is 26.6. The van der Waals surface area contributed by atoms with Crippen LogP contribution in [-0.2, 0) is 22.8 Å². The molecule has 0 saturated heterocycles. The standard InChI is InChI=1S/C16H35NO3Si.C15H33NO4Si.C11H24OSi/c1-10-13(17-14(18)20-15(2,3)4)11-12-19-21(8,9)16(5,6)7;1-14(2,3)20-13(18)16-12(11-17)9-10-19-21(7,8)15(4,5)6;1-11(2,3)13(4,5)12-9-8-10-6-7-10/h13H,10-12H2,1-9H3,(H,17,18);12,17H,9-11H2,1-8H3,(H,16,18);10H,6-9H2,1-5H3/t13-;12-;/m10./s1. The number of hydrogen-bond acceptors (Lipinski definition) is 8. The van der Waals surface area contributed by atoms with Crippen LogP contribution in [-0.4, -0.2) is 92.0 Å². The van der Waals surface area contributed by atoms with E-state index in [-0.39, 0.29) is 34.9 Å². The highest BCUT2D eigenvalue weighted by atomic mass is 28.4. The Hall–Kier alpha value is -0.969. The Labute approximate surface area is 343 Å². The van der Waals surface area contributed by atoms with Crippen LogP contribution in [0.15, 0.2) is 0 Å². The van der Waals surface area contributed by atoms with Crippen LogP contribution in [0.4, 0.5) is 9.59 Å². The van der Waals surface area contributed by atoms with Crippen molar-refractivity contribution in [3.05, 3.63) is 0 Å². The molecular weight excluding hydrogens is 745 g/mol. The molecule has 0 bridgehead atoms. The molecule has 1 fully saturated rings. The van der Waals surface area contributed by atoms with Crippen molar-refractivity contribution in [2.24, 2.45) is 5.92 Å². The molecule has 10 nitrogen and oxygen atoms in total. The van der Waals surface area contributed by atoms with Gasteiger partial charge in [-0.05, 0) is 128 Å². The van der Waals surface area contributed by atoms with Crippen LogP contribution < -0.4 is 10.6 Å². The van der Waals surface area contributed by atoms with Crippen molar-refractivity contribution in [3.63, 3.8) is 0 Å². The average Bonchev–Trinajstić information content (AvgIpc) is 3.77. The van der Waals surface area contributed by atoms with Crippen molar-refractivity contribution in [2.45, 2.75) is 227 Å². The SMILES string of the molecule is CC(C)(C)OC(=O)N[C@H](CO)CCO[Si](C)(C)C(C)(C)C.CC(C)(C)[Si](C)(C)OCCC1CC1.CC[C@H](CCO[Si](C)(C)C(C)(C)C)NC(=O)OC(C)(C)C. The van der Waals surface area contributed by atoms with Crippen LogP contribution in [0.2, 0.25) is 54.4 Å². The molecule has 2 amide bonds. The number of carbonyl (C=O) groups is 2. The number of aliphatic hydroxyl groups is 1. The van der Waals surface area contributed by atoms with Crippen LogP contribution >= 0.6 is 0 Å². The van der Waals surface area contributed by atoms with Gasteiger partial charge in [-0.1, -0.05) is 82.1 Å². The van der Waals surface area contributed by atoms with E-state index in [4.69, 9.17) is 22.8 Å². The first-order chi connectivity index (χ1) is 24.4. The monoisotopic (exact) mass is 837 g/mol. The Balaban J connectivity index is 0. The summed E-state index contributed by atoms with van der Waals surface area (Å²) in [5, 5.41) is 15.7. The molecule has 1 aliphatic carbocycles. The molecule has 1 saturated carbocycles. The summed E-state index contributed by atoms with van der Waals surface area (Å²) in [5.41, 5.74) is -0.998. The number of carbonyl (C=O) groups excluding carboxylic acids is 2. The molecule has 0 spiro atoms. The maximum absolute atomic E-state index is 11.8. The van der Waals surface area contributed by atoms with E-state index in [0.29, 0.717) is 24.7 Å². The number of rotatable bonds is 16. The lowest BCUT2D eigenvalue weighted by Gasteiger charge is -2.36. The minimum absolute atomic E-state index is 0.101. The lowest BCUT2D eigenvalue weighted by atomic mass is 10.1. The molecule has 3 N–H and O–H groups in total. The summed E-state index contributed by atoms with van der Waals surface area (Å²) in [5.74, 6) is 1.00. The van der Waals surface area contributed by atoms with Crippen molar-refractivity contribution in [3.8, 4) is 0 Å². The van der Waals surface area contributed by atoms with E-state index in [0.717, 1.165) is 25.4 Å². The summed E-state index contributed by atoms with van der Waals surface area (Å²) in [7, 11) is -4.94. The second kappa shape index (κ2) is 23.0. The second-order valence-electron chi connectivity index (χ2n) is 21.9. The van der Waals surface area contributed by atoms with Gasteiger partial charge in [-0.25, -0.2) is 9.59 Å². The lowest BCUT2D eigenvalue weighted by molar-refractivity contribution is 0.0468. The molecule has 0 heterocycles. The highest BCUT2D eigenvalue weighted by Gasteiger charge is 2.39. The number of amides is 2. The number of nitrogens with one attached hydrogen (secondary N) is 2. The molecule has 55 heavy (non-hydrogen) atoms. The normalized spacial score (nSPS) is 15.8. The fraction of sp³-hybridized carbons (Fsp3) is 0.952. The summed E-state index contributed by atoms with van der Waals surface area (Å²) in [4.78, 5) is 23.5. The van der Waals surface area contributed by atoms with E-state index in [9.17, 15) is 14.7 Å². The second-order valence-corrected chi connectivity index (χ2v) is 36.3. The molecule has 1 aliphatic rings. The van der Waals surface area contributed by atoms with Gasteiger partial charge in [0.2, 0.25) is 0 Å². The Morgan fingerprint density at radius 2 is 0.891 bits per heavy atom. The average molecular weight is 837 g/mol. The molecule has 13 heteroatoms. The fourth-order valence-corrected chi connectivity index (χ4v) is 7.17. The van der Waals surface area contributed by atoms with Crippen LogP contribution in [0.1, 0.15) is 149 Å². The smallest absolute Gasteiger partial charge is 0.407 e. The predicted octanol–water partition coefficient (Wildman–Crippen LogP) is 11.8. The minimum Gasteiger partial charge on any atom is -0.444 e. The van der Waals surface area contributed by atoms with E-state index in [2.05, 4.69) is 119 Å². The first-order valence-electron chi connectivity index (χ1n) is 20.9. The number of alkyl carbamates (subject to hydrolysis) is 2. The lowest BCUT2D eigenvalue weighted by Crippen LogP contribution is -2.44. The Morgan fingerprint density at radius 1 is 0.582 bits per heavy atom.